The molecule has 0 unspecified atom stereocenters. The molecule has 24 heavy (non-hydrogen) atoms. The number of imidazole rings is 1. The lowest BCUT2D eigenvalue weighted by molar-refractivity contribution is 0.582. The van der Waals surface area contributed by atoms with E-state index in [-0.39, 0.29) is 0 Å². The van der Waals surface area contributed by atoms with E-state index in [2.05, 4.69) is 29.9 Å². The monoisotopic (exact) mass is 341 g/mol. The third-order valence-electron chi connectivity index (χ3n) is 3.54. The Bertz CT molecular complexity index is 921. The van der Waals surface area contributed by atoms with Gasteiger partial charge in [-0.3, -0.25) is 5.10 Å². The van der Waals surface area contributed by atoms with E-state index in [0.717, 1.165) is 40.5 Å². The SMILES string of the molecule is Cn1cnnc1SCCn1ccnc1-c1ccc(-c2ccn[nH]2)o1. The van der Waals surface area contributed by atoms with Crippen LogP contribution >= 0.6 is 11.8 Å². The molecule has 0 aromatic carbocycles. The second-order valence-electron chi connectivity index (χ2n) is 5.15. The minimum atomic E-state index is 0.730. The topological polar surface area (TPSA) is 90.4 Å². The minimum Gasteiger partial charge on any atom is -0.451 e. The van der Waals surface area contributed by atoms with Gasteiger partial charge in [0.1, 0.15) is 12.0 Å². The molecule has 4 aromatic heterocycles. The van der Waals surface area contributed by atoms with Crippen LogP contribution in [0.5, 0.6) is 0 Å². The predicted octanol–water partition coefficient (Wildman–Crippen LogP) is 2.45. The molecule has 1 N–H and O–H groups in total. The average Bonchev–Trinajstić information content (AvgIpc) is 3.36. The number of H-pyrrole nitrogens is 1. The summed E-state index contributed by atoms with van der Waals surface area (Å²) in [7, 11) is 1.94. The fourth-order valence-electron chi connectivity index (χ4n) is 2.35. The second-order valence-corrected chi connectivity index (χ2v) is 6.21. The molecule has 0 aliphatic heterocycles. The number of aryl methyl sites for hydroxylation is 2. The summed E-state index contributed by atoms with van der Waals surface area (Å²) in [5.74, 6) is 3.14. The summed E-state index contributed by atoms with van der Waals surface area (Å²) >= 11 is 1.66. The van der Waals surface area contributed by atoms with E-state index in [1.165, 1.54) is 0 Å². The van der Waals surface area contributed by atoms with Crippen LogP contribution in [0.3, 0.4) is 0 Å². The molecule has 0 saturated carbocycles. The number of furan rings is 1. The highest BCUT2D eigenvalue weighted by molar-refractivity contribution is 7.99. The molecule has 0 aliphatic carbocycles. The molecule has 0 atom stereocenters. The van der Waals surface area contributed by atoms with Crippen molar-refractivity contribution in [1.82, 2.24) is 34.5 Å². The van der Waals surface area contributed by atoms with Crippen LogP contribution in [0.25, 0.3) is 23.0 Å². The van der Waals surface area contributed by atoms with Gasteiger partial charge in [0.2, 0.25) is 0 Å². The van der Waals surface area contributed by atoms with E-state index >= 15 is 0 Å². The molecule has 4 aromatic rings. The zero-order valence-electron chi connectivity index (χ0n) is 13.0. The summed E-state index contributed by atoms with van der Waals surface area (Å²) in [6, 6.07) is 5.70. The number of hydrogen-bond donors (Lipinski definition) is 1. The second kappa shape index (κ2) is 6.36. The summed E-state index contributed by atoms with van der Waals surface area (Å²) in [6.07, 6.45) is 7.12. The van der Waals surface area contributed by atoms with Crippen LogP contribution in [0.1, 0.15) is 0 Å². The Morgan fingerprint density at radius 2 is 2.12 bits per heavy atom. The number of rotatable bonds is 6. The molecule has 0 bridgehead atoms. The molecular weight excluding hydrogens is 326 g/mol. The quantitative estimate of drug-likeness (QED) is 0.542. The zero-order valence-corrected chi connectivity index (χ0v) is 13.8. The van der Waals surface area contributed by atoms with Gasteiger partial charge in [-0.05, 0) is 18.2 Å². The fraction of sp³-hybridized carbons (Fsp3) is 0.200. The molecule has 0 spiro atoms. The number of nitrogens with one attached hydrogen (secondary N) is 1. The number of nitrogens with zero attached hydrogens (tertiary/aromatic N) is 6. The lowest BCUT2D eigenvalue weighted by Gasteiger charge is -2.05. The van der Waals surface area contributed by atoms with Crippen molar-refractivity contribution in [2.24, 2.45) is 7.05 Å². The third kappa shape index (κ3) is 2.85. The summed E-state index contributed by atoms with van der Waals surface area (Å²) in [5.41, 5.74) is 0.845. The Balaban J connectivity index is 1.47. The average molecular weight is 341 g/mol. The zero-order chi connectivity index (χ0) is 16.4. The van der Waals surface area contributed by atoms with Crippen molar-refractivity contribution in [2.75, 3.05) is 5.75 Å². The van der Waals surface area contributed by atoms with E-state index in [9.17, 15) is 0 Å². The number of hydrogen-bond acceptors (Lipinski definition) is 6. The largest absolute Gasteiger partial charge is 0.451 e. The lowest BCUT2D eigenvalue weighted by atomic mass is 10.3. The van der Waals surface area contributed by atoms with Gasteiger partial charge >= 0.3 is 0 Å². The molecular formula is C15H15N7OS. The number of aromatic amines is 1. The van der Waals surface area contributed by atoms with Crippen molar-refractivity contribution in [1.29, 1.82) is 0 Å². The van der Waals surface area contributed by atoms with Crippen LogP contribution in [0.4, 0.5) is 0 Å². The Morgan fingerprint density at radius 1 is 1.21 bits per heavy atom. The maximum Gasteiger partial charge on any atom is 0.190 e. The summed E-state index contributed by atoms with van der Waals surface area (Å²) in [5, 5.41) is 15.7. The van der Waals surface area contributed by atoms with E-state index in [0.29, 0.717) is 0 Å². The first-order valence-corrected chi connectivity index (χ1v) is 8.38. The van der Waals surface area contributed by atoms with Gasteiger partial charge in [-0.2, -0.15) is 5.10 Å². The summed E-state index contributed by atoms with van der Waals surface area (Å²) < 4.78 is 9.87. The van der Waals surface area contributed by atoms with Crippen LogP contribution in [-0.4, -0.2) is 40.3 Å². The molecule has 4 rings (SSSR count). The molecule has 122 valence electrons. The first-order valence-electron chi connectivity index (χ1n) is 7.39. The molecule has 0 radical (unpaired) electrons. The van der Waals surface area contributed by atoms with Gasteiger partial charge in [0.25, 0.3) is 0 Å². The Morgan fingerprint density at radius 3 is 2.92 bits per heavy atom. The smallest absolute Gasteiger partial charge is 0.190 e. The van der Waals surface area contributed by atoms with Crippen molar-refractivity contribution in [3.8, 4) is 23.0 Å². The molecule has 4 heterocycles. The molecule has 9 heteroatoms. The van der Waals surface area contributed by atoms with Gasteiger partial charge in [0.15, 0.2) is 22.5 Å². The summed E-state index contributed by atoms with van der Waals surface area (Å²) in [6.45, 7) is 0.799. The predicted molar refractivity (Wildman–Crippen MR) is 89.2 cm³/mol. The van der Waals surface area contributed by atoms with Gasteiger partial charge in [0, 0.05) is 37.9 Å². The van der Waals surface area contributed by atoms with Gasteiger partial charge in [-0.25, -0.2) is 4.98 Å². The third-order valence-corrected chi connectivity index (χ3v) is 4.56. The van der Waals surface area contributed by atoms with Crippen LogP contribution in [-0.2, 0) is 13.6 Å². The Hall–Kier alpha value is -2.81. The molecule has 0 saturated heterocycles. The van der Waals surface area contributed by atoms with E-state index in [1.807, 2.05) is 36.0 Å². The summed E-state index contributed by atoms with van der Waals surface area (Å²) in [4.78, 5) is 4.42. The van der Waals surface area contributed by atoms with Gasteiger partial charge in [-0.15, -0.1) is 10.2 Å². The maximum absolute atomic E-state index is 5.90. The lowest BCUT2D eigenvalue weighted by Crippen LogP contribution is -2.02. The first-order chi connectivity index (χ1) is 11.8. The number of thioether (sulfide) groups is 1. The highest BCUT2D eigenvalue weighted by Gasteiger charge is 2.12. The standard InChI is InChI=1S/C15H15N7OS/c1-21-10-18-20-15(21)24-9-8-22-7-6-16-14(22)13-3-2-12(23-13)11-4-5-17-19-11/h2-7,10H,8-9H2,1H3,(H,17,19). The molecule has 0 aliphatic rings. The van der Waals surface area contributed by atoms with Crippen LogP contribution in [0.2, 0.25) is 0 Å². The van der Waals surface area contributed by atoms with Crippen molar-refractivity contribution >= 4 is 11.8 Å². The molecule has 0 amide bonds. The first kappa shape index (κ1) is 14.8. The fourth-order valence-corrected chi connectivity index (χ4v) is 3.18. The van der Waals surface area contributed by atoms with Crippen molar-refractivity contribution in [2.45, 2.75) is 11.7 Å². The Kier molecular flexibility index (Phi) is 3.91. The van der Waals surface area contributed by atoms with E-state index in [4.69, 9.17) is 4.42 Å². The van der Waals surface area contributed by atoms with Crippen LogP contribution in [0.15, 0.2) is 52.7 Å². The molecule has 0 fully saturated rings. The Labute approximate surface area is 141 Å². The van der Waals surface area contributed by atoms with Gasteiger partial charge in [-0.1, -0.05) is 11.8 Å². The normalized spacial score (nSPS) is 11.2. The van der Waals surface area contributed by atoms with E-state index < -0.39 is 0 Å². The molecule has 8 nitrogen and oxygen atoms in total. The van der Waals surface area contributed by atoms with Crippen molar-refractivity contribution in [3.05, 3.63) is 43.1 Å². The maximum atomic E-state index is 5.90. The highest BCUT2D eigenvalue weighted by Crippen LogP contribution is 2.26. The van der Waals surface area contributed by atoms with Crippen LogP contribution in [0, 0.1) is 0 Å². The van der Waals surface area contributed by atoms with Crippen molar-refractivity contribution < 1.29 is 4.42 Å². The van der Waals surface area contributed by atoms with Gasteiger partial charge < -0.3 is 13.6 Å². The van der Waals surface area contributed by atoms with Crippen LogP contribution < -0.4 is 0 Å². The minimum absolute atomic E-state index is 0.730. The van der Waals surface area contributed by atoms with E-state index in [1.54, 1.807) is 30.5 Å². The van der Waals surface area contributed by atoms with Crippen molar-refractivity contribution in [3.63, 3.8) is 0 Å². The van der Waals surface area contributed by atoms with Gasteiger partial charge in [0.05, 0.1) is 0 Å². The highest BCUT2D eigenvalue weighted by atomic mass is 32.2. The number of aromatic nitrogens is 7.